The van der Waals surface area contributed by atoms with E-state index < -0.39 is 0 Å². The van der Waals surface area contributed by atoms with Gasteiger partial charge in [-0.15, -0.1) is 0 Å². The Morgan fingerprint density at radius 2 is 2.00 bits per heavy atom. The lowest BCUT2D eigenvalue weighted by molar-refractivity contribution is -0.119. The van der Waals surface area contributed by atoms with E-state index in [-0.39, 0.29) is 0 Å². The van der Waals surface area contributed by atoms with E-state index in [0.717, 1.165) is 19.3 Å². The largest absolute Gasteiger partial charge is 0.299 e. The van der Waals surface area contributed by atoms with Crippen molar-refractivity contribution in [3.05, 3.63) is 24.3 Å². The van der Waals surface area contributed by atoms with Gasteiger partial charge in [0.05, 0.1) is 0 Å². The van der Waals surface area contributed by atoms with Gasteiger partial charge >= 0.3 is 0 Å². The molecule has 0 amide bonds. The Bertz CT molecular complexity index is 237. The van der Waals surface area contributed by atoms with Crippen LogP contribution in [0.15, 0.2) is 24.3 Å². The van der Waals surface area contributed by atoms with Crippen molar-refractivity contribution in [1.82, 2.24) is 0 Å². The number of rotatable bonds is 0. The summed E-state index contributed by atoms with van der Waals surface area (Å²) >= 11 is 0. The molecule has 0 saturated heterocycles. The minimum absolute atomic E-state index is 0.400. The van der Waals surface area contributed by atoms with Gasteiger partial charge in [0.1, 0.15) is 5.78 Å². The van der Waals surface area contributed by atoms with Crippen LogP contribution in [-0.2, 0) is 4.79 Å². The molecule has 1 saturated carbocycles. The highest BCUT2D eigenvalue weighted by molar-refractivity contribution is 5.85. The minimum Gasteiger partial charge on any atom is -0.299 e. The van der Waals surface area contributed by atoms with Gasteiger partial charge in [0, 0.05) is 12.3 Å². The summed E-state index contributed by atoms with van der Waals surface area (Å²) in [5, 5.41) is 0. The van der Waals surface area contributed by atoms with Crippen molar-refractivity contribution in [2.24, 2.45) is 11.8 Å². The zero-order chi connectivity index (χ0) is 8.39. The molecule has 0 N–H and O–H groups in total. The number of ketones is 1. The van der Waals surface area contributed by atoms with Crippen molar-refractivity contribution < 1.29 is 4.79 Å². The molecular weight excluding hydrogens is 148 g/mol. The molecule has 0 radical (unpaired) electrons. The summed E-state index contributed by atoms with van der Waals surface area (Å²) in [7, 11) is 0. The zero-order valence-electron chi connectivity index (χ0n) is 7.20. The third-order valence-corrected chi connectivity index (χ3v) is 2.70. The van der Waals surface area contributed by atoms with Gasteiger partial charge in [-0.2, -0.15) is 0 Å². The van der Waals surface area contributed by atoms with E-state index in [9.17, 15) is 4.79 Å². The maximum atomic E-state index is 11.4. The summed E-state index contributed by atoms with van der Waals surface area (Å²) in [6.07, 6.45) is 12.4. The third-order valence-electron chi connectivity index (χ3n) is 2.70. The molecular formula is C11H14O. The van der Waals surface area contributed by atoms with Crippen molar-refractivity contribution >= 4 is 5.78 Å². The van der Waals surface area contributed by atoms with Gasteiger partial charge in [0.2, 0.25) is 0 Å². The molecule has 1 heteroatoms. The molecule has 0 bridgehead atoms. The molecule has 64 valence electrons. The Balaban J connectivity index is 2.01. The molecule has 1 fully saturated rings. The van der Waals surface area contributed by atoms with Gasteiger partial charge < -0.3 is 0 Å². The van der Waals surface area contributed by atoms with Gasteiger partial charge in [-0.25, -0.2) is 0 Å². The van der Waals surface area contributed by atoms with Gasteiger partial charge in [-0.3, -0.25) is 4.79 Å². The average molecular weight is 162 g/mol. The number of carbonyl (C=O) groups excluding carboxylic acids is 1. The van der Waals surface area contributed by atoms with Crippen LogP contribution in [0.2, 0.25) is 0 Å². The fraction of sp³-hybridized carbons (Fsp3) is 0.545. The Morgan fingerprint density at radius 3 is 2.92 bits per heavy atom. The van der Waals surface area contributed by atoms with Crippen molar-refractivity contribution in [2.45, 2.75) is 25.7 Å². The monoisotopic (exact) mass is 162 g/mol. The molecule has 0 heterocycles. The van der Waals surface area contributed by atoms with E-state index in [1.165, 1.54) is 0 Å². The quantitative estimate of drug-likeness (QED) is 0.500. The number of hydrogen-bond donors (Lipinski definition) is 0. The van der Waals surface area contributed by atoms with Crippen LogP contribution in [0.25, 0.3) is 0 Å². The molecule has 2 atom stereocenters. The van der Waals surface area contributed by atoms with Gasteiger partial charge in [0.25, 0.3) is 0 Å². The number of fused-ring (bicyclic) bond motifs is 1. The van der Waals surface area contributed by atoms with Gasteiger partial charge in [-0.1, -0.05) is 24.3 Å². The lowest BCUT2D eigenvalue weighted by atomic mass is 10.1. The molecule has 0 aromatic carbocycles. The molecule has 0 aliphatic heterocycles. The van der Waals surface area contributed by atoms with Crippen molar-refractivity contribution in [3.8, 4) is 0 Å². The molecule has 1 nitrogen and oxygen atoms in total. The third kappa shape index (κ3) is 1.66. The smallest absolute Gasteiger partial charge is 0.140 e. The van der Waals surface area contributed by atoms with E-state index in [1.807, 2.05) is 6.08 Å². The first-order valence-electron chi connectivity index (χ1n) is 4.70. The van der Waals surface area contributed by atoms with Crippen LogP contribution in [0.5, 0.6) is 0 Å². The fourth-order valence-corrected chi connectivity index (χ4v) is 1.80. The van der Waals surface area contributed by atoms with Gasteiger partial charge in [-0.05, 0) is 25.2 Å². The van der Waals surface area contributed by atoms with Gasteiger partial charge in [0.15, 0.2) is 0 Å². The Hall–Kier alpha value is -0.850. The van der Waals surface area contributed by atoms with Crippen molar-refractivity contribution in [3.63, 3.8) is 0 Å². The average Bonchev–Trinajstić information content (AvgIpc) is 2.82. The van der Waals surface area contributed by atoms with E-state index >= 15 is 0 Å². The Kier molecular flexibility index (Phi) is 2.11. The first kappa shape index (κ1) is 7.78. The highest BCUT2D eigenvalue weighted by Crippen LogP contribution is 2.43. The van der Waals surface area contributed by atoms with Crippen LogP contribution in [0.1, 0.15) is 25.7 Å². The number of allylic oxidation sites excluding steroid dienone is 4. The summed E-state index contributed by atoms with van der Waals surface area (Å²) in [5.41, 5.74) is 0. The first-order valence-corrected chi connectivity index (χ1v) is 4.70. The topological polar surface area (TPSA) is 17.1 Å². The minimum atomic E-state index is 0.400. The van der Waals surface area contributed by atoms with Crippen LogP contribution in [0.3, 0.4) is 0 Å². The molecule has 2 rings (SSSR count). The maximum absolute atomic E-state index is 11.4. The Labute approximate surface area is 73.2 Å². The van der Waals surface area contributed by atoms with E-state index in [1.54, 1.807) is 0 Å². The standard InChI is InChI=1S/C11H14O/c12-11-7-5-3-1-2-4-6-9-8-10(9)11/h2-5,9-10H,1,6-8H2/b4-2+,5-3-. The van der Waals surface area contributed by atoms with Crippen LogP contribution < -0.4 is 0 Å². The second-order valence-electron chi connectivity index (χ2n) is 3.69. The lowest BCUT2D eigenvalue weighted by Gasteiger charge is -1.96. The highest BCUT2D eigenvalue weighted by Gasteiger charge is 2.40. The van der Waals surface area contributed by atoms with Crippen LogP contribution >= 0.6 is 0 Å². The number of Topliss-reactive ketones (excluding diaryl/α,β-unsaturated/α-hetero) is 1. The summed E-state index contributed by atoms with van der Waals surface area (Å²) in [4.78, 5) is 11.4. The molecule has 2 aliphatic carbocycles. The van der Waals surface area contributed by atoms with Crippen LogP contribution in [0, 0.1) is 11.8 Å². The normalized spacial score (nSPS) is 39.8. The summed E-state index contributed by atoms with van der Waals surface area (Å²) in [5.74, 6) is 1.53. The first-order chi connectivity index (χ1) is 5.88. The molecule has 0 aromatic heterocycles. The highest BCUT2D eigenvalue weighted by atomic mass is 16.1. The zero-order valence-corrected chi connectivity index (χ0v) is 7.20. The molecule has 2 unspecified atom stereocenters. The maximum Gasteiger partial charge on any atom is 0.140 e. The van der Waals surface area contributed by atoms with Crippen molar-refractivity contribution in [2.75, 3.05) is 0 Å². The predicted octanol–water partition coefficient (Wildman–Crippen LogP) is 2.49. The Morgan fingerprint density at radius 1 is 1.17 bits per heavy atom. The summed E-state index contributed by atoms with van der Waals surface area (Å²) in [6.45, 7) is 0. The van der Waals surface area contributed by atoms with E-state index in [2.05, 4.69) is 18.2 Å². The SMILES string of the molecule is O=C1C/C=C\C/C=C/CC2CC12. The van der Waals surface area contributed by atoms with E-state index in [0.29, 0.717) is 24.0 Å². The molecule has 0 aromatic rings. The molecule has 0 spiro atoms. The second kappa shape index (κ2) is 3.26. The van der Waals surface area contributed by atoms with Crippen LogP contribution in [-0.4, -0.2) is 5.78 Å². The van der Waals surface area contributed by atoms with E-state index in [4.69, 9.17) is 0 Å². The van der Waals surface area contributed by atoms with Crippen LogP contribution in [0.4, 0.5) is 0 Å². The number of carbonyl (C=O) groups is 1. The predicted molar refractivity (Wildman–Crippen MR) is 48.7 cm³/mol. The second-order valence-corrected chi connectivity index (χ2v) is 3.69. The lowest BCUT2D eigenvalue weighted by Crippen LogP contribution is -2.00. The summed E-state index contributed by atoms with van der Waals surface area (Å²) < 4.78 is 0. The molecule has 12 heavy (non-hydrogen) atoms. The van der Waals surface area contributed by atoms with Crippen molar-refractivity contribution in [1.29, 1.82) is 0 Å². The number of hydrogen-bond acceptors (Lipinski definition) is 1. The summed E-state index contributed by atoms with van der Waals surface area (Å²) in [6, 6.07) is 0. The fourth-order valence-electron chi connectivity index (χ4n) is 1.80. The molecule has 2 aliphatic rings.